The molecule has 0 bridgehead atoms. The topological polar surface area (TPSA) is 120 Å². The average molecular weight is 550 g/mol. The number of hydrogen-bond acceptors (Lipinski definition) is 7. The van der Waals surface area contributed by atoms with E-state index in [1.54, 1.807) is 24.3 Å². The summed E-state index contributed by atoms with van der Waals surface area (Å²) in [4.78, 5) is 22.8. The molecule has 166 valence electrons. The van der Waals surface area contributed by atoms with Crippen molar-refractivity contribution in [3.8, 4) is 17.2 Å². The number of methoxy groups -OCH3 is 1. The van der Waals surface area contributed by atoms with Gasteiger partial charge in [0.1, 0.15) is 18.1 Å². The van der Waals surface area contributed by atoms with Crippen molar-refractivity contribution in [2.24, 2.45) is 5.10 Å². The Labute approximate surface area is 197 Å². The Hall–Kier alpha value is -3.54. The second-order valence-corrected chi connectivity index (χ2v) is 7.44. The molecule has 9 nitrogen and oxygen atoms in total. The molecule has 0 saturated heterocycles. The highest BCUT2D eigenvalue weighted by molar-refractivity contribution is 14.1. The Kier molecular flexibility index (Phi) is 8.08. The number of halogens is 1. The fourth-order valence-corrected chi connectivity index (χ4v) is 3.06. The monoisotopic (exact) mass is 550 g/mol. The molecule has 0 atom stereocenters. The summed E-state index contributed by atoms with van der Waals surface area (Å²) in [5.41, 5.74) is 3.07. The van der Waals surface area contributed by atoms with Crippen LogP contribution in [0, 0.1) is 3.57 Å². The van der Waals surface area contributed by atoms with Crippen LogP contribution in [0.4, 0.5) is 0 Å². The number of nitrogens with one attached hydrogen (secondary N) is 1. The van der Waals surface area contributed by atoms with E-state index >= 15 is 0 Å². The predicted molar refractivity (Wildman–Crippen MR) is 123 cm³/mol. The lowest BCUT2D eigenvalue weighted by molar-refractivity contribution is -0.123. The molecule has 0 fully saturated rings. The Morgan fingerprint density at radius 1 is 1.09 bits per heavy atom. The third-order valence-electron chi connectivity index (χ3n) is 4.03. The Morgan fingerprint density at radius 2 is 1.91 bits per heavy atom. The Morgan fingerprint density at radius 3 is 2.62 bits per heavy atom. The van der Waals surface area contributed by atoms with E-state index in [0.29, 0.717) is 28.6 Å². The van der Waals surface area contributed by atoms with Crippen LogP contribution < -0.4 is 19.6 Å². The quantitative estimate of drug-likeness (QED) is 0.225. The molecular weight excluding hydrogens is 531 g/mol. The van der Waals surface area contributed by atoms with Crippen LogP contribution in [0.15, 0.2) is 64.1 Å². The van der Waals surface area contributed by atoms with Crippen molar-refractivity contribution in [2.45, 2.75) is 6.61 Å². The van der Waals surface area contributed by atoms with Crippen LogP contribution in [0.1, 0.15) is 21.9 Å². The molecule has 0 saturated carbocycles. The number of rotatable bonds is 10. The third kappa shape index (κ3) is 6.48. The number of aromatic carboxylic acids is 1. The number of amides is 1. The van der Waals surface area contributed by atoms with Gasteiger partial charge in [-0.3, -0.25) is 4.79 Å². The van der Waals surface area contributed by atoms with Crippen LogP contribution in [0.25, 0.3) is 0 Å². The van der Waals surface area contributed by atoms with Crippen LogP contribution in [0.5, 0.6) is 17.2 Å². The zero-order chi connectivity index (χ0) is 22.9. The van der Waals surface area contributed by atoms with Gasteiger partial charge in [-0.2, -0.15) is 5.10 Å². The highest BCUT2D eigenvalue weighted by Crippen LogP contribution is 2.28. The minimum atomic E-state index is -1.15. The normalized spacial score (nSPS) is 10.7. The number of hydrazone groups is 1. The first-order valence-corrected chi connectivity index (χ1v) is 10.4. The molecule has 10 heteroatoms. The van der Waals surface area contributed by atoms with Crippen molar-refractivity contribution in [3.63, 3.8) is 0 Å². The van der Waals surface area contributed by atoms with E-state index in [0.717, 1.165) is 3.57 Å². The van der Waals surface area contributed by atoms with E-state index < -0.39 is 11.9 Å². The van der Waals surface area contributed by atoms with Crippen LogP contribution in [0.2, 0.25) is 0 Å². The Balaban J connectivity index is 1.53. The van der Waals surface area contributed by atoms with Crippen molar-refractivity contribution in [3.05, 3.63) is 75.3 Å². The lowest BCUT2D eigenvalue weighted by Crippen LogP contribution is -2.24. The number of hydrogen-bond donors (Lipinski definition) is 2. The van der Waals surface area contributed by atoms with E-state index in [9.17, 15) is 9.59 Å². The number of para-hydroxylation sites is 1. The average Bonchev–Trinajstić information content (AvgIpc) is 3.27. The van der Waals surface area contributed by atoms with E-state index in [-0.39, 0.29) is 19.0 Å². The molecule has 0 aliphatic heterocycles. The SMILES string of the molecule is COc1cc(/C=N/NC(=O)COc2ccccc2I)ccc1OCc1ccc(C(=O)O)o1. The van der Waals surface area contributed by atoms with E-state index in [1.165, 1.54) is 25.5 Å². The van der Waals surface area contributed by atoms with Gasteiger partial charge in [-0.05, 0) is 70.6 Å². The summed E-state index contributed by atoms with van der Waals surface area (Å²) in [5, 5.41) is 12.8. The third-order valence-corrected chi connectivity index (χ3v) is 4.92. The van der Waals surface area contributed by atoms with Crippen LogP contribution >= 0.6 is 22.6 Å². The molecule has 0 aliphatic rings. The summed E-state index contributed by atoms with van der Waals surface area (Å²) >= 11 is 2.13. The van der Waals surface area contributed by atoms with Gasteiger partial charge < -0.3 is 23.7 Å². The zero-order valence-corrected chi connectivity index (χ0v) is 19.1. The molecule has 3 aromatic rings. The molecule has 2 aromatic carbocycles. The number of nitrogens with zero attached hydrogens (tertiary/aromatic N) is 1. The highest BCUT2D eigenvalue weighted by Gasteiger charge is 2.11. The first-order chi connectivity index (χ1) is 15.5. The number of furan rings is 1. The fraction of sp³-hybridized carbons (Fsp3) is 0.136. The maximum atomic E-state index is 11.9. The molecule has 1 aromatic heterocycles. The number of carbonyl (C=O) groups is 2. The molecule has 32 heavy (non-hydrogen) atoms. The van der Waals surface area contributed by atoms with Crippen molar-refractivity contribution >= 4 is 40.7 Å². The number of benzene rings is 2. The predicted octanol–water partition coefficient (Wildman–Crippen LogP) is 3.70. The molecule has 0 aliphatic carbocycles. The lowest BCUT2D eigenvalue weighted by Gasteiger charge is -2.10. The van der Waals surface area contributed by atoms with Gasteiger partial charge in [0.05, 0.1) is 16.9 Å². The van der Waals surface area contributed by atoms with Gasteiger partial charge in [0.15, 0.2) is 18.1 Å². The van der Waals surface area contributed by atoms with Crippen molar-refractivity contribution < 1.29 is 33.3 Å². The second kappa shape index (κ2) is 11.2. The summed E-state index contributed by atoms with van der Waals surface area (Å²) in [6, 6.07) is 15.3. The molecule has 0 spiro atoms. The van der Waals surface area contributed by atoms with Gasteiger partial charge in [-0.15, -0.1) is 0 Å². The number of carbonyl (C=O) groups excluding carboxylic acids is 1. The first-order valence-electron chi connectivity index (χ1n) is 9.28. The van der Waals surface area contributed by atoms with Gasteiger partial charge >= 0.3 is 5.97 Å². The van der Waals surface area contributed by atoms with E-state index in [2.05, 4.69) is 33.1 Å². The van der Waals surface area contributed by atoms with Crippen LogP contribution in [-0.2, 0) is 11.4 Å². The highest BCUT2D eigenvalue weighted by atomic mass is 127. The van der Waals surface area contributed by atoms with Gasteiger partial charge in [0.2, 0.25) is 5.76 Å². The number of carboxylic acids is 1. The van der Waals surface area contributed by atoms with Crippen molar-refractivity contribution in [1.29, 1.82) is 0 Å². The van der Waals surface area contributed by atoms with Crippen LogP contribution in [0.3, 0.4) is 0 Å². The van der Waals surface area contributed by atoms with Crippen LogP contribution in [-0.4, -0.2) is 36.9 Å². The largest absolute Gasteiger partial charge is 0.493 e. The molecule has 0 radical (unpaired) electrons. The standard InChI is InChI=1S/C22H19IN2O7/c1-29-20-10-14(6-8-18(20)30-12-15-7-9-19(32-15)22(27)28)11-24-25-21(26)13-31-17-5-3-2-4-16(17)23/h2-11H,12-13H2,1H3,(H,25,26)(H,27,28)/b24-11+. The summed E-state index contributed by atoms with van der Waals surface area (Å²) in [7, 11) is 1.49. The van der Waals surface area contributed by atoms with E-state index in [4.69, 9.17) is 23.7 Å². The summed E-state index contributed by atoms with van der Waals surface area (Å²) in [5.74, 6) is 0.164. The lowest BCUT2D eigenvalue weighted by atomic mass is 10.2. The zero-order valence-electron chi connectivity index (χ0n) is 16.9. The molecular formula is C22H19IN2O7. The number of ether oxygens (including phenoxy) is 3. The smallest absolute Gasteiger partial charge is 0.371 e. The Bertz CT molecular complexity index is 1130. The summed E-state index contributed by atoms with van der Waals surface area (Å²) in [6.07, 6.45) is 1.46. The van der Waals surface area contributed by atoms with Crippen molar-refractivity contribution in [1.82, 2.24) is 5.43 Å². The maximum absolute atomic E-state index is 11.9. The van der Waals surface area contributed by atoms with Crippen molar-refractivity contribution in [2.75, 3.05) is 13.7 Å². The molecule has 3 rings (SSSR count). The molecule has 1 amide bonds. The summed E-state index contributed by atoms with van der Waals surface area (Å²) in [6.45, 7) is -0.128. The molecule has 2 N–H and O–H groups in total. The minimum absolute atomic E-state index is 0.0352. The second-order valence-electron chi connectivity index (χ2n) is 6.28. The van der Waals surface area contributed by atoms with Gasteiger partial charge in [-0.1, -0.05) is 12.1 Å². The molecule has 1 heterocycles. The van der Waals surface area contributed by atoms with E-state index in [1.807, 2.05) is 18.2 Å². The fourth-order valence-electron chi connectivity index (χ4n) is 2.52. The molecule has 0 unspecified atom stereocenters. The summed E-state index contributed by atoms with van der Waals surface area (Å²) < 4.78 is 22.5. The minimum Gasteiger partial charge on any atom is -0.493 e. The maximum Gasteiger partial charge on any atom is 0.371 e. The van der Waals surface area contributed by atoms with Gasteiger partial charge in [0, 0.05) is 0 Å². The van der Waals surface area contributed by atoms with Gasteiger partial charge in [-0.25, -0.2) is 10.2 Å². The number of carboxylic acid groups (broad SMARTS) is 1. The van der Waals surface area contributed by atoms with Gasteiger partial charge in [0.25, 0.3) is 5.91 Å². The first kappa shape index (κ1) is 23.1.